The highest BCUT2D eigenvalue weighted by molar-refractivity contribution is 7.86. The molecule has 0 heterocycles. The van der Waals surface area contributed by atoms with E-state index in [0.717, 1.165) is 0 Å². The lowest BCUT2D eigenvalue weighted by Gasteiger charge is -1.98. The van der Waals surface area contributed by atoms with Crippen LogP contribution in [0, 0.1) is 0 Å². The Morgan fingerprint density at radius 3 is 2.44 bits per heavy atom. The van der Waals surface area contributed by atoms with E-state index < -0.39 is 10.1 Å². The van der Waals surface area contributed by atoms with E-state index in [1.54, 1.807) is 0 Å². The van der Waals surface area contributed by atoms with Crippen molar-refractivity contribution in [2.45, 2.75) is 6.92 Å². The van der Waals surface area contributed by atoms with Gasteiger partial charge in [0.1, 0.15) is 0 Å². The summed E-state index contributed by atoms with van der Waals surface area (Å²) in [6.07, 6.45) is 0. The van der Waals surface area contributed by atoms with E-state index in [9.17, 15) is 8.42 Å². The summed E-state index contributed by atoms with van der Waals surface area (Å²) >= 11 is 0. The molecule has 2 N–H and O–H groups in total. The first-order valence-electron chi connectivity index (χ1n) is 2.69. The number of hydrogen-bond acceptors (Lipinski definition) is 4. The molecule has 0 radical (unpaired) electrons. The molecule has 0 aliphatic rings. The third-order valence-corrected chi connectivity index (χ3v) is 1.97. The lowest BCUT2D eigenvalue weighted by molar-refractivity contribution is 0.328. The van der Waals surface area contributed by atoms with Crippen molar-refractivity contribution in [1.29, 1.82) is 0 Å². The molecule has 0 aromatic carbocycles. The zero-order valence-electron chi connectivity index (χ0n) is 5.33. The molecule has 0 aromatic heterocycles. The zero-order valence-corrected chi connectivity index (χ0v) is 6.15. The molecule has 0 unspecified atom stereocenters. The smallest absolute Gasteiger partial charge is 0.267 e. The maximum absolute atomic E-state index is 10.5. The van der Waals surface area contributed by atoms with Gasteiger partial charge in [-0.05, 0) is 6.92 Å². The molecule has 4 nitrogen and oxygen atoms in total. The third-order valence-electron chi connectivity index (χ3n) is 0.734. The van der Waals surface area contributed by atoms with Crippen LogP contribution >= 0.6 is 0 Å². The predicted octanol–water partition coefficient (Wildman–Crippen LogP) is -0.689. The minimum atomic E-state index is -3.26. The van der Waals surface area contributed by atoms with Crippen LogP contribution in [0.4, 0.5) is 0 Å². The van der Waals surface area contributed by atoms with E-state index in [0.29, 0.717) is 0 Å². The monoisotopic (exact) mass is 153 g/mol. The van der Waals surface area contributed by atoms with Gasteiger partial charge >= 0.3 is 0 Å². The third kappa shape index (κ3) is 4.38. The second-order valence-corrected chi connectivity index (χ2v) is 3.39. The highest BCUT2D eigenvalue weighted by atomic mass is 32.2. The van der Waals surface area contributed by atoms with Gasteiger partial charge in [-0.25, -0.2) is 0 Å². The maximum Gasteiger partial charge on any atom is 0.267 e. The Bertz CT molecular complexity index is 151. The normalized spacial score (nSPS) is 11.8. The molecule has 56 valence electrons. The number of rotatable bonds is 4. The van der Waals surface area contributed by atoms with Gasteiger partial charge in [0.15, 0.2) is 0 Å². The average molecular weight is 153 g/mol. The van der Waals surface area contributed by atoms with E-state index in [1.807, 2.05) is 0 Å². The summed E-state index contributed by atoms with van der Waals surface area (Å²) in [5.74, 6) is 0.00694. The first-order chi connectivity index (χ1) is 4.12. The summed E-state index contributed by atoms with van der Waals surface area (Å²) in [6, 6.07) is 0. The van der Waals surface area contributed by atoms with Gasteiger partial charge < -0.3 is 5.73 Å². The standard InChI is InChI=1S/C4H11NO3S/c1-2-9(6,7)8-4-3-5/h2-5H2,1H3. The topological polar surface area (TPSA) is 69.4 Å². The van der Waals surface area contributed by atoms with Crippen molar-refractivity contribution in [2.75, 3.05) is 18.9 Å². The Morgan fingerprint density at radius 2 is 2.11 bits per heavy atom. The highest BCUT2D eigenvalue weighted by Gasteiger charge is 2.04. The van der Waals surface area contributed by atoms with E-state index in [2.05, 4.69) is 4.18 Å². The van der Waals surface area contributed by atoms with Gasteiger partial charge in [0.25, 0.3) is 10.1 Å². The lowest BCUT2D eigenvalue weighted by Crippen LogP contribution is -2.15. The van der Waals surface area contributed by atoms with Crippen LogP contribution in [0.2, 0.25) is 0 Å². The van der Waals surface area contributed by atoms with Gasteiger partial charge in [-0.1, -0.05) is 0 Å². The van der Waals surface area contributed by atoms with Crippen LogP contribution in [-0.4, -0.2) is 27.3 Å². The molecule has 0 fully saturated rings. The fourth-order valence-electron chi connectivity index (χ4n) is 0.258. The second-order valence-electron chi connectivity index (χ2n) is 1.46. The Hall–Kier alpha value is -0.130. The second kappa shape index (κ2) is 3.81. The maximum atomic E-state index is 10.5. The number of nitrogens with two attached hydrogens (primary N) is 1. The van der Waals surface area contributed by atoms with Crippen LogP contribution in [0.3, 0.4) is 0 Å². The van der Waals surface area contributed by atoms with Gasteiger partial charge in [-0.15, -0.1) is 0 Å². The molecule has 0 saturated heterocycles. The summed E-state index contributed by atoms with van der Waals surface area (Å²) < 4.78 is 25.3. The lowest BCUT2D eigenvalue weighted by atomic mass is 10.8. The summed E-state index contributed by atoms with van der Waals surface area (Å²) in [4.78, 5) is 0. The molecule has 0 amide bonds. The highest BCUT2D eigenvalue weighted by Crippen LogP contribution is 1.89. The van der Waals surface area contributed by atoms with Gasteiger partial charge in [0.05, 0.1) is 12.4 Å². The molecular formula is C4H11NO3S. The van der Waals surface area contributed by atoms with Crippen molar-refractivity contribution >= 4 is 10.1 Å². The molecule has 0 aliphatic carbocycles. The van der Waals surface area contributed by atoms with Crippen molar-refractivity contribution < 1.29 is 12.6 Å². The quantitative estimate of drug-likeness (QED) is 0.543. The van der Waals surface area contributed by atoms with Crippen LogP contribution < -0.4 is 5.73 Å². The van der Waals surface area contributed by atoms with Crippen LogP contribution in [0.25, 0.3) is 0 Å². The molecule has 0 saturated carbocycles. The summed E-state index contributed by atoms with van der Waals surface area (Å²) in [6.45, 7) is 1.83. The van der Waals surface area contributed by atoms with Crippen molar-refractivity contribution in [3.8, 4) is 0 Å². The van der Waals surface area contributed by atoms with E-state index in [-0.39, 0.29) is 18.9 Å². The first-order valence-corrected chi connectivity index (χ1v) is 4.27. The van der Waals surface area contributed by atoms with Crippen molar-refractivity contribution in [2.24, 2.45) is 5.73 Å². The van der Waals surface area contributed by atoms with E-state index >= 15 is 0 Å². The minimum Gasteiger partial charge on any atom is -0.328 e. The molecule has 0 spiro atoms. The summed E-state index contributed by atoms with van der Waals surface area (Å²) in [5.41, 5.74) is 5.00. The molecule has 0 bridgehead atoms. The van der Waals surface area contributed by atoms with Crippen molar-refractivity contribution in [1.82, 2.24) is 0 Å². The molecule has 0 rings (SSSR count). The van der Waals surface area contributed by atoms with E-state index in [4.69, 9.17) is 5.73 Å². The minimum absolute atomic E-state index is 0.00694. The van der Waals surface area contributed by atoms with Crippen LogP contribution in [0.5, 0.6) is 0 Å². The van der Waals surface area contributed by atoms with Crippen LogP contribution in [0.15, 0.2) is 0 Å². The van der Waals surface area contributed by atoms with Gasteiger partial charge in [-0.3, -0.25) is 4.18 Å². The average Bonchev–Trinajstić information content (AvgIpc) is 1.84. The Labute approximate surface area is 55.1 Å². The molecule has 0 aliphatic heterocycles. The van der Waals surface area contributed by atoms with Crippen molar-refractivity contribution in [3.63, 3.8) is 0 Å². The summed E-state index contributed by atoms with van der Waals surface area (Å²) in [7, 11) is -3.26. The SMILES string of the molecule is CCS(=O)(=O)OCCN. The fraction of sp³-hybridized carbons (Fsp3) is 1.00. The Kier molecular flexibility index (Phi) is 3.76. The van der Waals surface area contributed by atoms with E-state index in [1.165, 1.54) is 6.92 Å². The largest absolute Gasteiger partial charge is 0.328 e. The predicted molar refractivity (Wildman–Crippen MR) is 34.5 cm³/mol. The van der Waals surface area contributed by atoms with Gasteiger partial charge in [0.2, 0.25) is 0 Å². The van der Waals surface area contributed by atoms with Gasteiger partial charge in [0, 0.05) is 6.54 Å². The number of hydrogen-bond donors (Lipinski definition) is 1. The molecule has 0 atom stereocenters. The van der Waals surface area contributed by atoms with Crippen LogP contribution in [0.1, 0.15) is 6.92 Å². The van der Waals surface area contributed by atoms with Gasteiger partial charge in [-0.2, -0.15) is 8.42 Å². The molecule has 0 aromatic rings. The zero-order chi connectivity index (χ0) is 7.33. The molecule has 5 heteroatoms. The Balaban J connectivity index is 3.61. The molecular weight excluding hydrogens is 142 g/mol. The Morgan fingerprint density at radius 1 is 1.56 bits per heavy atom. The van der Waals surface area contributed by atoms with Crippen molar-refractivity contribution in [3.05, 3.63) is 0 Å². The summed E-state index contributed by atoms with van der Waals surface area (Å²) in [5, 5.41) is 0. The molecule has 9 heavy (non-hydrogen) atoms. The van der Waals surface area contributed by atoms with Crippen LogP contribution in [-0.2, 0) is 14.3 Å². The first kappa shape index (κ1) is 8.87. The fourth-order valence-corrected chi connectivity index (χ4v) is 0.775.